The molecule has 1 saturated heterocycles. The average molecular weight is 477 g/mol. The van der Waals surface area contributed by atoms with Gasteiger partial charge >= 0.3 is 0 Å². The van der Waals surface area contributed by atoms with Gasteiger partial charge in [-0.1, -0.05) is 35.5 Å². The second-order valence-electron chi connectivity index (χ2n) is 7.75. The zero-order valence-corrected chi connectivity index (χ0v) is 19.1. The van der Waals surface area contributed by atoms with Crippen LogP contribution in [0.15, 0.2) is 64.0 Å². The van der Waals surface area contributed by atoms with Crippen molar-refractivity contribution in [3.8, 4) is 11.4 Å². The van der Waals surface area contributed by atoms with Crippen molar-refractivity contribution in [3.05, 3.63) is 66.1 Å². The molecule has 32 heavy (non-hydrogen) atoms. The van der Waals surface area contributed by atoms with E-state index in [-0.39, 0.29) is 17.4 Å². The molecule has 4 rings (SSSR count). The minimum absolute atomic E-state index is 0.136. The molecule has 1 aromatic heterocycles. The maximum atomic E-state index is 12.6. The molecule has 0 bridgehead atoms. The van der Waals surface area contributed by atoms with E-state index < -0.39 is 20.0 Å². The number of benzene rings is 2. The van der Waals surface area contributed by atoms with Gasteiger partial charge in [0.1, 0.15) is 0 Å². The van der Waals surface area contributed by atoms with Crippen LogP contribution in [-0.2, 0) is 26.6 Å². The van der Waals surface area contributed by atoms with Gasteiger partial charge in [0, 0.05) is 25.2 Å². The van der Waals surface area contributed by atoms with Gasteiger partial charge in [0.05, 0.1) is 17.1 Å². The predicted octanol–water partition coefficient (Wildman–Crippen LogP) is 2.35. The molecule has 3 aromatic rings. The number of hydrogen-bond acceptors (Lipinski definition) is 7. The SMILES string of the molecule is CS(=O)(=O)N1CCC[C@H](c2nc(-c3ccc(S(=O)(=O)NCc4ccccc4)cc3)no2)C1. The maximum Gasteiger partial charge on any atom is 0.240 e. The molecule has 0 amide bonds. The number of rotatable bonds is 7. The van der Waals surface area contributed by atoms with Crippen LogP contribution in [0.4, 0.5) is 0 Å². The van der Waals surface area contributed by atoms with E-state index in [1.54, 1.807) is 12.1 Å². The molecule has 0 aliphatic carbocycles. The Morgan fingerprint density at radius 1 is 1.06 bits per heavy atom. The summed E-state index contributed by atoms with van der Waals surface area (Å²) in [6.45, 7) is 1.00. The van der Waals surface area contributed by atoms with Crippen molar-refractivity contribution >= 4 is 20.0 Å². The van der Waals surface area contributed by atoms with Gasteiger partial charge in [-0.25, -0.2) is 25.9 Å². The van der Waals surface area contributed by atoms with Crippen molar-refractivity contribution in [2.24, 2.45) is 0 Å². The molecule has 11 heteroatoms. The fourth-order valence-electron chi connectivity index (χ4n) is 3.60. The molecule has 2 aromatic carbocycles. The molecule has 1 atom stereocenters. The second kappa shape index (κ2) is 9.10. The highest BCUT2D eigenvalue weighted by Gasteiger charge is 2.30. The van der Waals surface area contributed by atoms with Crippen molar-refractivity contribution in [2.45, 2.75) is 30.2 Å². The molecule has 0 saturated carbocycles. The van der Waals surface area contributed by atoms with E-state index in [1.807, 2.05) is 30.3 Å². The van der Waals surface area contributed by atoms with E-state index in [9.17, 15) is 16.8 Å². The number of nitrogens with one attached hydrogen (secondary N) is 1. The summed E-state index contributed by atoms with van der Waals surface area (Å²) in [7, 11) is -6.94. The van der Waals surface area contributed by atoms with Crippen LogP contribution in [-0.4, -0.2) is 50.6 Å². The van der Waals surface area contributed by atoms with Crippen LogP contribution < -0.4 is 4.72 Å². The third-order valence-electron chi connectivity index (χ3n) is 5.38. The van der Waals surface area contributed by atoms with Gasteiger partial charge < -0.3 is 4.52 Å². The lowest BCUT2D eigenvalue weighted by Crippen LogP contribution is -2.38. The van der Waals surface area contributed by atoms with Crippen LogP contribution in [0, 0.1) is 0 Å². The summed E-state index contributed by atoms with van der Waals surface area (Å²) in [6.07, 6.45) is 2.68. The fourth-order valence-corrected chi connectivity index (χ4v) is 5.53. The van der Waals surface area contributed by atoms with Gasteiger partial charge in [-0.05, 0) is 42.7 Å². The Bertz CT molecular complexity index is 1270. The zero-order valence-electron chi connectivity index (χ0n) is 17.5. The van der Waals surface area contributed by atoms with Gasteiger partial charge in [-0.15, -0.1) is 0 Å². The summed E-state index contributed by atoms with van der Waals surface area (Å²) >= 11 is 0. The Kier molecular flexibility index (Phi) is 6.42. The first-order valence-corrected chi connectivity index (χ1v) is 13.5. The molecule has 1 aliphatic heterocycles. The Balaban J connectivity index is 1.45. The molecule has 0 spiro atoms. The fraction of sp³-hybridized carbons (Fsp3) is 0.333. The number of aromatic nitrogens is 2. The first-order chi connectivity index (χ1) is 15.2. The molecule has 0 radical (unpaired) electrons. The summed E-state index contributed by atoms with van der Waals surface area (Å²) in [6, 6.07) is 15.5. The summed E-state index contributed by atoms with van der Waals surface area (Å²) in [4.78, 5) is 4.56. The lowest BCUT2D eigenvalue weighted by Gasteiger charge is -2.28. The van der Waals surface area contributed by atoms with E-state index in [1.165, 1.54) is 22.7 Å². The lowest BCUT2D eigenvalue weighted by atomic mass is 10.00. The quantitative estimate of drug-likeness (QED) is 0.555. The smallest absolute Gasteiger partial charge is 0.240 e. The molecule has 1 aliphatic rings. The van der Waals surface area contributed by atoms with Gasteiger partial charge in [0.25, 0.3) is 0 Å². The van der Waals surface area contributed by atoms with Crippen molar-refractivity contribution < 1.29 is 21.4 Å². The third-order valence-corrected chi connectivity index (χ3v) is 8.06. The van der Waals surface area contributed by atoms with Crippen molar-refractivity contribution in [1.82, 2.24) is 19.2 Å². The van der Waals surface area contributed by atoms with E-state index in [0.717, 1.165) is 18.4 Å². The first kappa shape index (κ1) is 22.6. The van der Waals surface area contributed by atoms with Crippen LogP contribution in [0.5, 0.6) is 0 Å². The number of sulfonamides is 2. The highest BCUT2D eigenvalue weighted by atomic mass is 32.2. The third kappa shape index (κ3) is 5.23. The molecule has 2 heterocycles. The van der Waals surface area contributed by atoms with E-state index in [2.05, 4.69) is 14.9 Å². The van der Waals surface area contributed by atoms with Gasteiger partial charge in [-0.2, -0.15) is 4.98 Å². The summed E-state index contributed by atoms with van der Waals surface area (Å²) in [5.41, 5.74) is 1.47. The van der Waals surface area contributed by atoms with E-state index >= 15 is 0 Å². The van der Waals surface area contributed by atoms with Crippen molar-refractivity contribution in [2.75, 3.05) is 19.3 Å². The molecule has 0 unspecified atom stereocenters. The normalized spacial score (nSPS) is 18.0. The molecule has 170 valence electrons. The minimum Gasteiger partial charge on any atom is -0.339 e. The Hall–Kier alpha value is -2.60. The number of piperidine rings is 1. The molecule has 1 N–H and O–H groups in total. The van der Waals surface area contributed by atoms with E-state index in [4.69, 9.17) is 4.52 Å². The highest BCUT2D eigenvalue weighted by molar-refractivity contribution is 7.89. The van der Waals surface area contributed by atoms with Crippen molar-refractivity contribution in [3.63, 3.8) is 0 Å². The molecular formula is C21H24N4O5S2. The standard InChI is InChI=1S/C21H24N4O5S2/c1-31(26,27)25-13-5-8-18(15-25)21-23-20(24-30-21)17-9-11-19(12-10-17)32(28,29)22-14-16-6-3-2-4-7-16/h2-4,6-7,9-12,18,22H,5,8,13-15H2,1H3/t18-/m0/s1. The Morgan fingerprint density at radius 3 is 2.47 bits per heavy atom. The van der Waals surface area contributed by atoms with Crippen molar-refractivity contribution in [1.29, 1.82) is 0 Å². The number of nitrogens with zero attached hydrogens (tertiary/aromatic N) is 3. The number of hydrogen-bond donors (Lipinski definition) is 1. The Labute approximate surface area is 187 Å². The Morgan fingerprint density at radius 2 is 1.78 bits per heavy atom. The zero-order chi connectivity index (χ0) is 22.8. The van der Waals surface area contributed by atoms with Crippen LogP contribution in [0.2, 0.25) is 0 Å². The average Bonchev–Trinajstić information content (AvgIpc) is 3.29. The topological polar surface area (TPSA) is 122 Å². The predicted molar refractivity (Wildman–Crippen MR) is 119 cm³/mol. The van der Waals surface area contributed by atoms with Crippen LogP contribution in [0.3, 0.4) is 0 Å². The second-order valence-corrected chi connectivity index (χ2v) is 11.5. The van der Waals surface area contributed by atoms with Crippen LogP contribution in [0.1, 0.15) is 30.2 Å². The molecule has 9 nitrogen and oxygen atoms in total. The lowest BCUT2D eigenvalue weighted by molar-refractivity contribution is 0.266. The first-order valence-electron chi connectivity index (χ1n) is 10.2. The molecular weight excluding hydrogens is 452 g/mol. The summed E-state index contributed by atoms with van der Waals surface area (Å²) < 4.78 is 58.2. The largest absolute Gasteiger partial charge is 0.339 e. The maximum absolute atomic E-state index is 12.6. The highest BCUT2D eigenvalue weighted by Crippen LogP contribution is 2.28. The minimum atomic E-state index is -3.67. The van der Waals surface area contributed by atoms with Gasteiger partial charge in [0.2, 0.25) is 31.8 Å². The van der Waals surface area contributed by atoms with Gasteiger partial charge in [-0.3, -0.25) is 0 Å². The summed E-state index contributed by atoms with van der Waals surface area (Å²) in [5, 5.41) is 4.00. The van der Waals surface area contributed by atoms with Crippen LogP contribution >= 0.6 is 0 Å². The molecule has 1 fully saturated rings. The monoisotopic (exact) mass is 476 g/mol. The summed E-state index contributed by atoms with van der Waals surface area (Å²) in [5.74, 6) is 0.550. The van der Waals surface area contributed by atoms with Gasteiger partial charge in [0.15, 0.2) is 0 Å². The van der Waals surface area contributed by atoms with E-state index in [0.29, 0.717) is 30.4 Å². The van der Waals surface area contributed by atoms with Crippen LogP contribution in [0.25, 0.3) is 11.4 Å².